The molecule has 1 aliphatic carbocycles. The zero-order chi connectivity index (χ0) is 14.9. The minimum Gasteiger partial charge on any atom is -0.370 e. The normalized spacial score (nSPS) is 30.0. The highest BCUT2D eigenvalue weighted by molar-refractivity contribution is 7.09. The van der Waals surface area contributed by atoms with E-state index in [1.165, 1.54) is 37.0 Å². The predicted octanol–water partition coefficient (Wildman–Crippen LogP) is 3.85. The third kappa shape index (κ3) is 2.96. The molecule has 4 heteroatoms. The van der Waals surface area contributed by atoms with Crippen LogP contribution in [0.2, 0.25) is 0 Å². The van der Waals surface area contributed by atoms with E-state index in [-0.39, 0.29) is 5.54 Å². The van der Waals surface area contributed by atoms with E-state index in [9.17, 15) is 0 Å². The monoisotopic (exact) mass is 305 g/mol. The summed E-state index contributed by atoms with van der Waals surface area (Å²) in [4.78, 5) is 8.40. The van der Waals surface area contributed by atoms with Crippen molar-refractivity contribution in [3.63, 3.8) is 0 Å². The zero-order valence-corrected chi connectivity index (χ0v) is 14.0. The van der Waals surface area contributed by atoms with E-state index in [2.05, 4.69) is 41.3 Å². The third-order valence-corrected chi connectivity index (χ3v) is 6.28. The molecule has 1 aromatic rings. The van der Waals surface area contributed by atoms with Gasteiger partial charge in [-0.25, -0.2) is 0 Å². The van der Waals surface area contributed by atoms with Gasteiger partial charge in [-0.2, -0.15) is 0 Å². The molecule has 0 amide bonds. The van der Waals surface area contributed by atoms with Crippen molar-refractivity contribution in [1.29, 1.82) is 0 Å². The average molecular weight is 305 g/mol. The van der Waals surface area contributed by atoms with Gasteiger partial charge in [0.1, 0.15) is 0 Å². The number of aliphatic imine (C=N–C) groups is 1. The lowest BCUT2D eigenvalue weighted by Gasteiger charge is -2.39. The molecule has 0 radical (unpaired) electrons. The van der Waals surface area contributed by atoms with Gasteiger partial charge in [0.05, 0.1) is 18.6 Å². The van der Waals surface area contributed by atoms with E-state index in [0.29, 0.717) is 0 Å². The van der Waals surface area contributed by atoms with Crippen LogP contribution < -0.4 is 5.73 Å². The summed E-state index contributed by atoms with van der Waals surface area (Å²) in [6.45, 7) is 6.56. The van der Waals surface area contributed by atoms with Crippen molar-refractivity contribution in [3.05, 3.63) is 22.4 Å². The number of hydrogen-bond donors (Lipinski definition) is 1. The third-order valence-electron chi connectivity index (χ3n) is 5.42. The maximum absolute atomic E-state index is 6.23. The summed E-state index contributed by atoms with van der Waals surface area (Å²) in [6.07, 6.45) is 6.48. The van der Waals surface area contributed by atoms with Gasteiger partial charge in [0.15, 0.2) is 5.96 Å². The van der Waals surface area contributed by atoms with Gasteiger partial charge in [-0.1, -0.05) is 32.8 Å². The van der Waals surface area contributed by atoms with Crippen molar-refractivity contribution >= 4 is 17.3 Å². The van der Waals surface area contributed by atoms with E-state index in [4.69, 9.17) is 5.73 Å². The Labute approximate surface area is 132 Å². The summed E-state index contributed by atoms with van der Waals surface area (Å²) < 4.78 is 0. The molecule has 3 nitrogen and oxygen atoms in total. The number of nitrogens with zero attached hydrogens (tertiary/aromatic N) is 2. The first-order valence-electron chi connectivity index (χ1n) is 8.21. The molecule has 1 aromatic heterocycles. The molecular formula is C17H27N3S. The van der Waals surface area contributed by atoms with E-state index in [1.54, 1.807) is 0 Å². The first-order valence-corrected chi connectivity index (χ1v) is 9.09. The van der Waals surface area contributed by atoms with Crippen molar-refractivity contribution in [2.24, 2.45) is 22.6 Å². The number of nitrogens with two attached hydrogens (primary N) is 1. The summed E-state index contributed by atoms with van der Waals surface area (Å²) in [6, 6.07) is 4.33. The maximum Gasteiger partial charge on any atom is 0.192 e. The van der Waals surface area contributed by atoms with Crippen LogP contribution in [0.25, 0.3) is 0 Å². The second-order valence-corrected chi connectivity index (χ2v) is 8.03. The molecule has 1 spiro atoms. The van der Waals surface area contributed by atoms with Gasteiger partial charge >= 0.3 is 0 Å². The fourth-order valence-corrected chi connectivity index (χ4v) is 4.65. The summed E-state index contributed by atoms with van der Waals surface area (Å²) in [5.41, 5.74) is 6.42. The molecule has 1 aliphatic heterocycles. The molecule has 2 heterocycles. The quantitative estimate of drug-likeness (QED) is 0.921. The van der Waals surface area contributed by atoms with Crippen molar-refractivity contribution < 1.29 is 0 Å². The van der Waals surface area contributed by atoms with Crippen LogP contribution in [-0.2, 0) is 6.54 Å². The Kier molecular flexibility index (Phi) is 4.25. The standard InChI is InChI=1S/C17H27N3S/c1-13(2)14-5-3-8-17(9-7-14)12-19-16(18)20(17)11-15-6-4-10-21-15/h4,6,10,13-14H,3,5,7-9,11-12H2,1-2H3,(H2,18,19). The molecule has 0 bridgehead atoms. The fraction of sp³-hybridized carbons (Fsp3) is 0.706. The average Bonchev–Trinajstić information content (AvgIpc) is 2.99. The minimum atomic E-state index is 0.192. The molecule has 1 fully saturated rings. The highest BCUT2D eigenvalue weighted by Gasteiger charge is 2.43. The lowest BCUT2D eigenvalue weighted by atomic mass is 9.86. The molecule has 2 atom stereocenters. The number of rotatable bonds is 3. The Bertz CT molecular complexity index is 494. The Hall–Kier alpha value is -1.03. The Morgan fingerprint density at radius 2 is 2.29 bits per heavy atom. The van der Waals surface area contributed by atoms with Gasteiger partial charge in [-0.15, -0.1) is 11.3 Å². The summed E-state index contributed by atoms with van der Waals surface area (Å²) in [7, 11) is 0. The molecular weight excluding hydrogens is 278 g/mol. The van der Waals surface area contributed by atoms with Crippen molar-refractivity contribution in [1.82, 2.24) is 4.90 Å². The molecule has 3 rings (SSSR count). The molecule has 21 heavy (non-hydrogen) atoms. The fourth-order valence-electron chi connectivity index (χ4n) is 3.96. The van der Waals surface area contributed by atoms with Crippen molar-refractivity contribution in [2.75, 3.05) is 6.54 Å². The second-order valence-electron chi connectivity index (χ2n) is 7.00. The van der Waals surface area contributed by atoms with Crippen molar-refractivity contribution in [2.45, 2.75) is 58.0 Å². The Balaban J connectivity index is 1.76. The topological polar surface area (TPSA) is 41.6 Å². The highest BCUT2D eigenvalue weighted by Crippen LogP contribution is 2.40. The zero-order valence-electron chi connectivity index (χ0n) is 13.2. The van der Waals surface area contributed by atoms with E-state index in [0.717, 1.165) is 30.9 Å². The minimum absolute atomic E-state index is 0.192. The number of thiophene rings is 1. The largest absolute Gasteiger partial charge is 0.370 e. The van der Waals surface area contributed by atoms with Crippen LogP contribution in [0.3, 0.4) is 0 Å². The van der Waals surface area contributed by atoms with Crippen LogP contribution in [-0.4, -0.2) is 22.9 Å². The van der Waals surface area contributed by atoms with Crippen LogP contribution in [0.15, 0.2) is 22.5 Å². The summed E-state index contributed by atoms with van der Waals surface area (Å²) >= 11 is 1.82. The van der Waals surface area contributed by atoms with E-state index in [1.807, 2.05) is 11.3 Å². The first kappa shape index (κ1) is 14.9. The van der Waals surface area contributed by atoms with Gasteiger partial charge in [0.25, 0.3) is 0 Å². The first-order chi connectivity index (χ1) is 10.1. The summed E-state index contributed by atoms with van der Waals surface area (Å²) in [5.74, 6) is 2.42. The second kappa shape index (κ2) is 5.99. The van der Waals surface area contributed by atoms with Gasteiger partial charge in [0.2, 0.25) is 0 Å². The molecule has 2 aliphatic rings. The van der Waals surface area contributed by atoms with Crippen molar-refractivity contribution in [3.8, 4) is 0 Å². The lowest BCUT2D eigenvalue weighted by Crippen LogP contribution is -2.50. The van der Waals surface area contributed by atoms with Crippen LogP contribution in [0.5, 0.6) is 0 Å². The molecule has 0 aromatic carbocycles. The van der Waals surface area contributed by atoms with Crippen LogP contribution in [0.4, 0.5) is 0 Å². The summed E-state index contributed by atoms with van der Waals surface area (Å²) in [5, 5.41) is 2.15. The molecule has 2 N–H and O–H groups in total. The highest BCUT2D eigenvalue weighted by atomic mass is 32.1. The number of guanidine groups is 1. The maximum atomic E-state index is 6.23. The number of hydrogen-bond acceptors (Lipinski definition) is 4. The van der Waals surface area contributed by atoms with E-state index < -0.39 is 0 Å². The van der Waals surface area contributed by atoms with Gasteiger partial charge in [0, 0.05) is 4.88 Å². The smallest absolute Gasteiger partial charge is 0.192 e. The lowest BCUT2D eigenvalue weighted by molar-refractivity contribution is 0.165. The van der Waals surface area contributed by atoms with Gasteiger partial charge in [-0.3, -0.25) is 4.99 Å². The molecule has 116 valence electrons. The Morgan fingerprint density at radius 1 is 1.43 bits per heavy atom. The van der Waals surface area contributed by atoms with E-state index >= 15 is 0 Å². The van der Waals surface area contributed by atoms with Crippen LogP contribution in [0.1, 0.15) is 50.8 Å². The van der Waals surface area contributed by atoms with Gasteiger partial charge < -0.3 is 10.6 Å². The molecule has 0 saturated heterocycles. The SMILES string of the molecule is CC(C)C1CCCC2(CC1)CN=C(N)N2Cc1cccs1. The Morgan fingerprint density at radius 3 is 3.00 bits per heavy atom. The molecule has 1 saturated carbocycles. The van der Waals surface area contributed by atoms with Crippen LogP contribution >= 0.6 is 11.3 Å². The van der Waals surface area contributed by atoms with Crippen LogP contribution in [0, 0.1) is 11.8 Å². The predicted molar refractivity (Wildman–Crippen MR) is 90.5 cm³/mol. The van der Waals surface area contributed by atoms with Gasteiger partial charge in [-0.05, 0) is 42.5 Å². The molecule has 2 unspecified atom stereocenters.